The van der Waals surface area contributed by atoms with Crippen LogP contribution in [0.1, 0.15) is 17.3 Å². The van der Waals surface area contributed by atoms with E-state index in [0.717, 1.165) is 0 Å². The Morgan fingerprint density at radius 1 is 1.44 bits per heavy atom. The maximum atomic E-state index is 12.0. The molecule has 0 aliphatic heterocycles. The standard InChI is InChI=1S/C12H18N2O4/c1-7(6-15)14-12(16)9-4-8(17-2)5-10(18-3)11(9)13/h4-5,7,15H,6,13H2,1-3H3,(H,14,16). The number of rotatable bonds is 5. The first-order chi connectivity index (χ1) is 8.53. The Morgan fingerprint density at radius 2 is 2.11 bits per heavy atom. The Kier molecular flexibility index (Phi) is 4.79. The van der Waals surface area contributed by atoms with Crippen LogP contribution in [0.5, 0.6) is 11.5 Å². The molecule has 1 aromatic rings. The highest BCUT2D eigenvalue weighted by molar-refractivity contribution is 6.01. The van der Waals surface area contributed by atoms with Gasteiger partial charge in [-0.2, -0.15) is 0 Å². The molecule has 6 heteroatoms. The number of ether oxygens (including phenoxy) is 2. The average Bonchev–Trinajstić information content (AvgIpc) is 2.38. The number of nitrogens with two attached hydrogens (primary N) is 1. The maximum absolute atomic E-state index is 12.0. The first-order valence-corrected chi connectivity index (χ1v) is 5.46. The largest absolute Gasteiger partial charge is 0.497 e. The third-order valence-corrected chi connectivity index (χ3v) is 2.47. The van der Waals surface area contributed by atoms with Gasteiger partial charge >= 0.3 is 0 Å². The lowest BCUT2D eigenvalue weighted by Crippen LogP contribution is -2.35. The van der Waals surface area contributed by atoms with Crippen LogP contribution in [0, 0.1) is 0 Å². The van der Waals surface area contributed by atoms with E-state index in [9.17, 15) is 4.79 Å². The monoisotopic (exact) mass is 254 g/mol. The van der Waals surface area contributed by atoms with E-state index in [1.807, 2.05) is 0 Å². The quantitative estimate of drug-likeness (QED) is 0.661. The molecule has 1 atom stereocenters. The van der Waals surface area contributed by atoms with Gasteiger partial charge in [-0.3, -0.25) is 4.79 Å². The lowest BCUT2D eigenvalue weighted by atomic mass is 10.1. The number of carbonyl (C=O) groups excluding carboxylic acids is 1. The van der Waals surface area contributed by atoms with Crippen molar-refractivity contribution in [1.82, 2.24) is 5.32 Å². The lowest BCUT2D eigenvalue weighted by Gasteiger charge is -2.15. The van der Waals surface area contributed by atoms with Gasteiger partial charge in [-0.05, 0) is 13.0 Å². The number of carbonyl (C=O) groups is 1. The van der Waals surface area contributed by atoms with Crippen LogP contribution in [0.4, 0.5) is 5.69 Å². The van der Waals surface area contributed by atoms with Crippen molar-refractivity contribution in [2.24, 2.45) is 0 Å². The third-order valence-electron chi connectivity index (χ3n) is 2.47. The van der Waals surface area contributed by atoms with Gasteiger partial charge in [-0.25, -0.2) is 0 Å². The van der Waals surface area contributed by atoms with Gasteiger partial charge in [-0.15, -0.1) is 0 Å². The van der Waals surface area contributed by atoms with E-state index in [1.165, 1.54) is 20.3 Å². The molecule has 1 rings (SSSR count). The smallest absolute Gasteiger partial charge is 0.253 e. The molecule has 0 bridgehead atoms. The van der Waals surface area contributed by atoms with Gasteiger partial charge in [0.25, 0.3) is 5.91 Å². The molecular formula is C12H18N2O4. The van der Waals surface area contributed by atoms with Gasteiger partial charge in [0, 0.05) is 12.1 Å². The molecule has 1 aromatic carbocycles. The summed E-state index contributed by atoms with van der Waals surface area (Å²) >= 11 is 0. The molecule has 0 fully saturated rings. The van der Waals surface area contributed by atoms with Crippen molar-refractivity contribution in [3.8, 4) is 11.5 Å². The molecule has 4 N–H and O–H groups in total. The minimum Gasteiger partial charge on any atom is -0.497 e. The summed E-state index contributed by atoms with van der Waals surface area (Å²) in [6.07, 6.45) is 0. The van der Waals surface area contributed by atoms with Crippen LogP contribution in [0.25, 0.3) is 0 Å². The highest BCUT2D eigenvalue weighted by atomic mass is 16.5. The molecule has 0 aromatic heterocycles. The van der Waals surface area contributed by atoms with E-state index < -0.39 is 0 Å². The predicted octanol–water partition coefficient (Wildman–Crippen LogP) is 0.397. The van der Waals surface area contributed by atoms with Crippen molar-refractivity contribution in [3.05, 3.63) is 17.7 Å². The molecule has 6 nitrogen and oxygen atoms in total. The van der Waals surface area contributed by atoms with E-state index in [1.54, 1.807) is 13.0 Å². The lowest BCUT2D eigenvalue weighted by molar-refractivity contribution is 0.0922. The van der Waals surface area contributed by atoms with Crippen molar-refractivity contribution in [2.45, 2.75) is 13.0 Å². The van der Waals surface area contributed by atoms with E-state index in [4.69, 9.17) is 20.3 Å². The Morgan fingerprint density at radius 3 is 2.61 bits per heavy atom. The number of amides is 1. The molecular weight excluding hydrogens is 236 g/mol. The zero-order chi connectivity index (χ0) is 13.7. The Balaban J connectivity index is 3.10. The van der Waals surface area contributed by atoms with Crippen LogP contribution in [0.3, 0.4) is 0 Å². The van der Waals surface area contributed by atoms with Gasteiger partial charge in [0.1, 0.15) is 11.5 Å². The fourth-order valence-electron chi connectivity index (χ4n) is 1.42. The van der Waals surface area contributed by atoms with Crippen LogP contribution in [-0.2, 0) is 0 Å². The molecule has 0 aliphatic carbocycles. The van der Waals surface area contributed by atoms with Gasteiger partial charge in [0.15, 0.2) is 0 Å². The molecule has 0 heterocycles. The van der Waals surface area contributed by atoms with Gasteiger partial charge in [0.05, 0.1) is 32.1 Å². The van der Waals surface area contributed by atoms with E-state index >= 15 is 0 Å². The molecule has 0 saturated heterocycles. The summed E-state index contributed by atoms with van der Waals surface area (Å²) in [6, 6.07) is 2.77. The summed E-state index contributed by atoms with van der Waals surface area (Å²) in [6.45, 7) is 1.54. The normalized spacial score (nSPS) is 11.8. The number of benzene rings is 1. The van der Waals surface area contributed by atoms with E-state index in [-0.39, 0.29) is 29.8 Å². The minimum atomic E-state index is -0.383. The molecule has 0 aliphatic rings. The van der Waals surface area contributed by atoms with Crippen molar-refractivity contribution in [3.63, 3.8) is 0 Å². The number of hydrogen-bond acceptors (Lipinski definition) is 5. The second-order valence-electron chi connectivity index (χ2n) is 3.85. The summed E-state index contributed by atoms with van der Waals surface area (Å²) in [4.78, 5) is 12.0. The summed E-state index contributed by atoms with van der Waals surface area (Å²) in [5, 5.41) is 11.5. The highest BCUT2D eigenvalue weighted by Gasteiger charge is 2.17. The summed E-state index contributed by atoms with van der Waals surface area (Å²) < 4.78 is 10.1. The van der Waals surface area contributed by atoms with Crippen molar-refractivity contribution >= 4 is 11.6 Å². The number of aliphatic hydroxyl groups excluding tert-OH is 1. The Hall–Kier alpha value is -1.95. The molecule has 0 spiro atoms. The van der Waals surface area contributed by atoms with Crippen molar-refractivity contribution in [1.29, 1.82) is 0 Å². The summed E-state index contributed by atoms with van der Waals surface area (Å²) in [7, 11) is 2.95. The maximum Gasteiger partial charge on any atom is 0.253 e. The van der Waals surface area contributed by atoms with Gasteiger partial charge < -0.3 is 25.6 Å². The van der Waals surface area contributed by atoms with Crippen molar-refractivity contribution < 1.29 is 19.4 Å². The second kappa shape index (κ2) is 6.11. The fourth-order valence-corrected chi connectivity index (χ4v) is 1.42. The molecule has 0 saturated carbocycles. The van der Waals surface area contributed by atoms with Crippen LogP contribution in [0.2, 0.25) is 0 Å². The van der Waals surface area contributed by atoms with Crippen LogP contribution < -0.4 is 20.5 Å². The summed E-state index contributed by atoms with van der Waals surface area (Å²) in [5.74, 6) is 0.463. The minimum absolute atomic E-state index is 0.146. The van der Waals surface area contributed by atoms with Crippen LogP contribution in [0.15, 0.2) is 12.1 Å². The third kappa shape index (κ3) is 3.04. The number of anilines is 1. The van der Waals surface area contributed by atoms with Crippen LogP contribution in [-0.4, -0.2) is 37.9 Å². The van der Waals surface area contributed by atoms with Gasteiger partial charge in [-0.1, -0.05) is 0 Å². The second-order valence-corrected chi connectivity index (χ2v) is 3.85. The van der Waals surface area contributed by atoms with E-state index in [0.29, 0.717) is 11.5 Å². The topological polar surface area (TPSA) is 93.8 Å². The summed E-state index contributed by atoms with van der Waals surface area (Å²) in [5.41, 5.74) is 6.32. The molecule has 18 heavy (non-hydrogen) atoms. The first kappa shape index (κ1) is 14.1. The number of nitrogen functional groups attached to an aromatic ring is 1. The Bertz CT molecular complexity index is 434. The number of methoxy groups -OCH3 is 2. The number of hydrogen-bond donors (Lipinski definition) is 3. The SMILES string of the molecule is COc1cc(OC)c(N)c(C(=O)NC(C)CO)c1. The zero-order valence-corrected chi connectivity index (χ0v) is 10.7. The predicted molar refractivity (Wildman–Crippen MR) is 68.0 cm³/mol. The van der Waals surface area contributed by atoms with Crippen molar-refractivity contribution in [2.75, 3.05) is 26.6 Å². The fraction of sp³-hybridized carbons (Fsp3) is 0.417. The van der Waals surface area contributed by atoms with E-state index in [2.05, 4.69) is 5.32 Å². The molecule has 1 amide bonds. The van der Waals surface area contributed by atoms with Gasteiger partial charge in [0.2, 0.25) is 0 Å². The average molecular weight is 254 g/mol. The Labute approximate surface area is 106 Å². The molecule has 0 radical (unpaired) electrons. The first-order valence-electron chi connectivity index (χ1n) is 5.46. The number of aliphatic hydroxyl groups is 1. The molecule has 1 unspecified atom stereocenters. The highest BCUT2D eigenvalue weighted by Crippen LogP contribution is 2.30. The van der Waals surface area contributed by atoms with Crippen LogP contribution >= 0.6 is 0 Å². The number of nitrogens with one attached hydrogen (secondary N) is 1. The molecule has 100 valence electrons. The zero-order valence-electron chi connectivity index (χ0n) is 10.7.